The van der Waals surface area contributed by atoms with E-state index in [4.69, 9.17) is 4.42 Å². The Hall–Kier alpha value is -1.88. The van der Waals surface area contributed by atoms with E-state index in [2.05, 4.69) is 15.3 Å². The van der Waals surface area contributed by atoms with E-state index in [0.717, 1.165) is 23.3 Å². The summed E-state index contributed by atoms with van der Waals surface area (Å²) in [5, 5.41) is 3.31. The van der Waals surface area contributed by atoms with Crippen LogP contribution in [-0.4, -0.2) is 9.97 Å². The summed E-state index contributed by atoms with van der Waals surface area (Å²) in [6, 6.07) is 5.88. The van der Waals surface area contributed by atoms with Gasteiger partial charge in [-0.1, -0.05) is 0 Å². The Morgan fingerprint density at radius 3 is 3.25 bits per heavy atom. The number of fused-ring (bicyclic) bond motifs is 1. The SMILES string of the molecule is c1nc2ccc(NCc3cncs3)cc2o1. The highest BCUT2D eigenvalue weighted by atomic mass is 32.1. The highest BCUT2D eigenvalue weighted by Crippen LogP contribution is 2.18. The minimum Gasteiger partial charge on any atom is -0.443 e. The Morgan fingerprint density at radius 1 is 1.38 bits per heavy atom. The standard InChI is InChI=1S/C11H9N3OS/c1-2-10-11(15-6-14-10)3-8(1)13-5-9-4-12-7-16-9/h1-4,6-7,13H,5H2. The highest BCUT2D eigenvalue weighted by molar-refractivity contribution is 7.09. The lowest BCUT2D eigenvalue weighted by atomic mass is 10.3. The van der Waals surface area contributed by atoms with Crippen LogP contribution < -0.4 is 5.32 Å². The van der Waals surface area contributed by atoms with E-state index in [0.29, 0.717) is 0 Å². The van der Waals surface area contributed by atoms with Gasteiger partial charge in [0.2, 0.25) is 0 Å². The van der Waals surface area contributed by atoms with Crippen LogP contribution in [-0.2, 0) is 6.54 Å². The van der Waals surface area contributed by atoms with Crippen molar-refractivity contribution >= 4 is 28.1 Å². The van der Waals surface area contributed by atoms with Gasteiger partial charge < -0.3 is 9.73 Å². The largest absolute Gasteiger partial charge is 0.443 e. The average molecular weight is 231 g/mol. The quantitative estimate of drug-likeness (QED) is 0.753. The molecule has 0 fully saturated rings. The number of nitrogens with zero attached hydrogens (tertiary/aromatic N) is 2. The maximum Gasteiger partial charge on any atom is 0.181 e. The van der Waals surface area contributed by atoms with E-state index in [9.17, 15) is 0 Å². The summed E-state index contributed by atoms with van der Waals surface area (Å²) >= 11 is 1.64. The normalized spacial score (nSPS) is 10.8. The van der Waals surface area contributed by atoms with Crippen molar-refractivity contribution in [3.63, 3.8) is 0 Å². The maximum absolute atomic E-state index is 5.23. The van der Waals surface area contributed by atoms with E-state index in [1.54, 1.807) is 11.3 Å². The summed E-state index contributed by atoms with van der Waals surface area (Å²) in [7, 11) is 0. The summed E-state index contributed by atoms with van der Waals surface area (Å²) in [5.41, 5.74) is 4.53. The molecule has 1 N–H and O–H groups in total. The molecule has 80 valence electrons. The molecule has 0 unspecified atom stereocenters. The Labute approximate surface area is 96.0 Å². The van der Waals surface area contributed by atoms with Gasteiger partial charge in [-0.3, -0.25) is 4.98 Å². The molecule has 0 aliphatic carbocycles. The van der Waals surface area contributed by atoms with Crippen molar-refractivity contribution in [2.24, 2.45) is 0 Å². The minimum atomic E-state index is 0.782. The number of oxazole rings is 1. The molecule has 1 aromatic carbocycles. The zero-order valence-corrected chi connectivity index (χ0v) is 9.20. The van der Waals surface area contributed by atoms with E-state index >= 15 is 0 Å². The lowest BCUT2D eigenvalue weighted by molar-refractivity contribution is 0.602. The monoisotopic (exact) mass is 231 g/mol. The zero-order chi connectivity index (χ0) is 10.8. The maximum atomic E-state index is 5.23. The number of thiazole rings is 1. The van der Waals surface area contributed by atoms with Crippen LogP contribution >= 0.6 is 11.3 Å². The fourth-order valence-electron chi connectivity index (χ4n) is 1.48. The molecule has 2 aromatic heterocycles. The van der Waals surface area contributed by atoms with Gasteiger partial charge in [-0.15, -0.1) is 11.3 Å². The Morgan fingerprint density at radius 2 is 2.38 bits per heavy atom. The highest BCUT2D eigenvalue weighted by Gasteiger charge is 2.00. The molecule has 0 radical (unpaired) electrons. The second-order valence-corrected chi connectivity index (χ2v) is 4.33. The molecule has 0 aliphatic rings. The topological polar surface area (TPSA) is 51.0 Å². The molecular formula is C11H9N3OS. The predicted molar refractivity (Wildman–Crippen MR) is 63.4 cm³/mol. The first-order valence-electron chi connectivity index (χ1n) is 4.86. The molecule has 16 heavy (non-hydrogen) atoms. The van der Waals surface area contributed by atoms with Gasteiger partial charge in [0.15, 0.2) is 12.0 Å². The van der Waals surface area contributed by atoms with Crippen molar-refractivity contribution in [1.29, 1.82) is 0 Å². The third kappa shape index (κ3) is 1.77. The molecule has 0 amide bonds. The second-order valence-electron chi connectivity index (χ2n) is 3.36. The minimum absolute atomic E-state index is 0.782. The number of anilines is 1. The van der Waals surface area contributed by atoms with Gasteiger partial charge in [0.1, 0.15) is 5.52 Å². The molecule has 4 nitrogen and oxygen atoms in total. The number of hydrogen-bond donors (Lipinski definition) is 1. The number of benzene rings is 1. The number of rotatable bonds is 3. The van der Waals surface area contributed by atoms with Gasteiger partial charge in [-0.25, -0.2) is 4.98 Å². The fraction of sp³-hybridized carbons (Fsp3) is 0.0909. The number of hydrogen-bond acceptors (Lipinski definition) is 5. The number of aromatic nitrogens is 2. The van der Waals surface area contributed by atoms with E-state index in [1.165, 1.54) is 11.3 Å². The molecule has 0 aliphatic heterocycles. The van der Waals surface area contributed by atoms with Crippen molar-refractivity contribution in [3.05, 3.63) is 41.2 Å². The predicted octanol–water partition coefficient (Wildman–Crippen LogP) is 2.90. The van der Waals surface area contributed by atoms with Crippen molar-refractivity contribution in [2.75, 3.05) is 5.32 Å². The van der Waals surface area contributed by atoms with Crippen molar-refractivity contribution in [3.8, 4) is 0 Å². The van der Waals surface area contributed by atoms with Crippen molar-refractivity contribution in [2.45, 2.75) is 6.54 Å². The van der Waals surface area contributed by atoms with Crippen molar-refractivity contribution < 1.29 is 4.42 Å². The average Bonchev–Trinajstić information content (AvgIpc) is 2.97. The van der Waals surface area contributed by atoms with Crippen LogP contribution in [0.4, 0.5) is 5.69 Å². The van der Waals surface area contributed by atoms with Gasteiger partial charge in [-0.05, 0) is 12.1 Å². The van der Waals surface area contributed by atoms with Crippen LogP contribution in [0.5, 0.6) is 0 Å². The summed E-state index contributed by atoms with van der Waals surface area (Å²) in [6.45, 7) is 0.782. The molecule has 0 saturated heterocycles. The fourth-order valence-corrected chi connectivity index (χ4v) is 2.02. The van der Waals surface area contributed by atoms with Crippen molar-refractivity contribution in [1.82, 2.24) is 9.97 Å². The Balaban J connectivity index is 1.78. The van der Waals surface area contributed by atoms with Crippen LogP contribution in [0.3, 0.4) is 0 Å². The summed E-state index contributed by atoms with van der Waals surface area (Å²) < 4.78 is 5.23. The summed E-state index contributed by atoms with van der Waals surface area (Å²) in [4.78, 5) is 9.30. The molecule has 3 aromatic rings. The van der Waals surface area contributed by atoms with Gasteiger partial charge in [0, 0.05) is 22.8 Å². The smallest absolute Gasteiger partial charge is 0.181 e. The van der Waals surface area contributed by atoms with E-state index in [1.807, 2.05) is 29.9 Å². The second kappa shape index (κ2) is 3.94. The van der Waals surface area contributed by atoms with Gasteiger partial charge in [-0.2, -0.15) is 0 Å². The molecular weight excluding hydrogens is 222 g/mol. The van der Waals surface area contributed by atoms with Crippen LogP contribution in [0.15, 0.2) is 40.7 Å². The van der Waals surface area contributed by atoms with Gasteiger partial charge >= 0.3 is 0 Å². The molecule has 0 atom stereocenters. The first kappa shape index (κ1) is 9.35. The van der Waals surface area contributed by atoms with Crippen LogP contribution in [0, 0.1) is 0 Å². The van der Waals surface area contributed by atoms with Crippen LogP contribution in [0.2, 0.25) is 0 Å². The zero-order valence-electron chi connectivity index (χ0n) is 8.38. The van der Waals surface area contributed by atoms with Gasteiger partial charge in [0.25, 0.3) is 0 Å². The first-order valence-corrected chi connectivity index (χ1v) is 5.74. The lowest BCUT2D eigenvalue weighted by Crippen LogP contribution is -1.96. The van der Waals surface area contributed by atoms with E-state index in [-0.39, 0.29) is 0 Å². The molecule has 3 rings (SSSR count). The summed E-state index contributed by atoms with van der Waals surface area (Å²) in [5.74, 6) is 0. The Bertz CT molecular complexity index is 588. The van der Waals surface area contributed by atoms with Gasteiger partial charge in [0.05, 0.1) is 12.1 Å². The molecule has 5 heteroatoms. The summed E-state index contributed by atoms with van der Waals surface area (Å²) in [6.07, 6.45) is 3.32. The number of nitrogens with one attached hydrogen (secondary N) is 1. The molecule has 2 heterocycles. The van der Waals surface area contributed by atoms with Crippen LogP contribution in [0.25, 0.3) is 11.1 Å². The lowest BCUT2D eigenvalue weighted by Gasteiger charge is -2.03. The molecule has 0 saturated carbocycles. The first-order chi connectivity index (χ1) is 7.92. The van der Waals surface area contributed by atoms with Crippen LogP contribution in [0.1, 0.15) is 4.88 Å². The Kier molecular flexibility index (Phi) is 2.30. The third-order valence-electron chi connectivity index (χ3n) is 2.28. The molecule has 0 spiro atoms. The van der Waals surface area contributed by atoms with E-state index < -0.39 is 0 Å². The molecule has 0 bridgehead atoms. The third-order valence-corrected chi connectivity index (χ3v) is 3.06.